The Morgan fingerprint density at radius 3 is 2.35 bits per heavy atom. The summed E-state index contributed by atoms with van der Waals surface area (Å²) in [6.07, 6.45) is 1.60. The Morgan fingerprint density at radius 1 is 1.06 bits per heavy atom. The van der Waals surface area contributed by atoms with Crippen molar-refractivity contribution >= 4 is 41.8 Å². The summed E-state index contributed by atoms with van der Waals surface area (Å²) in [5, 5.41) is 13.2. The lowest BCUT2D eigenvalue weighted by Crippen LogP contribution is -2.37. The molecule has 0 spiro atoms. The molecule has 0 aliphatic carbocycles. The molecule has 31 heavy (non-hydrogen) atoms. The summed E-state index contributed by atoms with van der Waals surface area (Å²) >= 11 is 0. The Bertz CT molecular complexity index is 858. The molecule has 0 fully saturated rings. The van der Waals surface area contributed by atoms with Crippen LogP contribution in [0.2, 0.25) is 0 Å². The third-order valence-electron chi connectivity index (χ3n) is 4.44. The van der Waals surface area contributed by atoms with Crippen molar-refractivity contribution in [2.24, 2.45) is 10.7 Å². The van der Waals surface area contributed by atoms with Crippen molar-refractivity contribution in [2.75, 3.05) is 13.1 Å². The molecule has 170 valence electrons. The first kappa shape index (κ1) is 26.4. The molecule has 0 aliphatic heterocycles. The van der Waals surface area contributed by atoms with Gasteiger partial charge in [0.15, 0.2) is 5.96 Å². The molecule has 2 amide bonds. The first-order chi connectivity index (χ1) is 14.5. The highest BCUT2D eigenvalue weighted by atomic mass is 127. The minimum Gasteiger partial charge on any atom is -0.368 e. The number of nitrogens with one attached hydrogen (secondary N) is 3. The molecule has 0 aliphatic rings. The van der Waals surface area contributed by atoms with E-state index >= 15 is 0 Å². The Labute approximate surface area is 199 Å². The normalized spacial score (nSPS) is 10.9. The largest absolute Gasteiger partial charge is 0.368 e. The van der Waals surface area contributed by atoms with Crippen LogP contribution in [-0.2, 0) is 30.7 Å². The van der Waals surface area contributed by atoms with Gasteiger partial charge in [0.25, 0.3) is 5.91 Å². The van der Waals surface area contributed by atoms with Crippen LogP contribution in [-0.4, -0.2) is 36.0 Å². The van der Waals surface area contributed by atoms with Crippen LogP contribution in [0, 0.1) is 0 Å². The van der Waals surface area contributed by atoms with Crippen LogP contribution in [0.25, 0.3) is 0 Å². The van der Waals surface area contributed by atoms with E-state index in [1.807, 2.05) is 26.0 Å². The topological polar surface area (TPSA) is 135 Å². The number of amides is 2. The lowest BCUT2D eigenvalue weighted by Gasteiger charge is -2.12. The first-order valence-corrected chi connectivity index (χ1v) is 10.1. The third kappa shape index (κ3) is 8.19. The van der Waals surface area contributed by atoms with E-state index in [0.29, 0.717) is 24.6 Å². The summed E-state index contributed by atoms with van der Waals surface area (Å²) in [7, 11) is 0. The number of hydrogen-bond acceptors (Lipinski definition) is 5. The average Bonchev–Trinajstić information content (AvgIpc) is 3.16. The fourth-order valence-corrected chi connectivity index (χ4v) is 2.85. The fraction of sp³-hybridized carbons (Fsp3) is 0.429. The van der Waals surface area contributed by atoms with Crippen molar-refractivity contribution in [1.82, 2.24) is 21.1 Å². The van der Waals surface area contributed by atoms with Crippen LogP contribution in [0.5, 0.6) is 0 Å². The maximum atomic E-state index is 11.9. The molecule has 0 radical (unpaired) electrons. The van der Waals surface area contributed by atoms with Crippen LogP contribution in [0.4, 0.5) is 0 Å². The van der Waals surface area contributed by atoms with E-state index in [2.05, 4.69) is 33.0 Å². The molecule has 9 nitrogen and oxygen atoms in total. The number of aromatic nitrogens is 1. The molecule has 10 heteroatoms. The number of hydrogen-bond donors (Lipinski definition) is 4. The Hall–Kier alpha value is -2.63. The minimum absolute atomic E-state index is 0. The van der Waals surface area contributed by atoms with Crippen molar-refractivity contribution in [3.05, 3.63) is 52.4 Å². The smallest absolute Gasteiger partial charge is 0.251 e. The molecule has 5 N–H and O–H groups in total. The lowest BCUT2D eigenvalue weighted by atomic mass is 10.1. The van der Waals surface area contributed by atoms with Crippen molar-refractivity contribution in [2.45, 2.75) is 46.7 Å². The van der Waals surface area contributed by atoms with Crippen LogP contribution >= 0.6 is 24.0 Å². The third-order valence-corrected chi connectivity index (χ3v) is 4.44. The zero-order chi connectivity index (χ0) is 21.9. The Balaban J connectivity index is 0.00000480. The van der Waals surface area contributed by atoms with E-state index in [1.165, 1.54) is 0 Å². The van der Waals surface area contributed by atoms with E-state index in [9.17, 15) is 9.59 Å². The highest BCUT2D eigenvalue weighted by Crippen LogP contribution is 2.15. The van der Waals surface area contributed by atoms with E-state index in [4.69, 9.17) is 10.3 Å². The quantitative estimate of drug-likeness (QED) is 0.206. The number of benzene rings is 1. The molecule has 1 heterocycles. The van der Waals surface area contributed by atoms with Gasteiger partial charge in [-0.05, 0) is 31.0 Å². The van der Waals surface area contributed by atoms with E-state index in [1.54, 1.807) is 12.1 Å². The van der Waals surface area contributed by atoms with Gasteiger partial charge in [-0.25, -0.2) is 4.99 Å². The van der Waals surface area contributed by atoms with Crippen LogP contribution in [0.1, 0.15) is 53.7 Å². The zero-order valence-electron chi connectivity index (χ0n) is 18.2. The molecule has 2 rings (SSSR count). The predicted octanol–water partition coefficient (Wildman–Crippen LogP) is 1.89. The van der Waals surface area contributed by atoms with Gasteiger partial charge in [0.05, 0.1) is 18.8 Å². The monoisotopic (exact) mass is 542 g/mol. The second kappa shape index (κ2) is 13.6. The van der Waals surface area contributed by atoms with E-state index in [0.717, 1.165) is 42.0 Å². The van der Waals surface area contributed by atoms with Gasteiger partial charge >= 0.3 is 0 Å². The number of primary amides is 1. The van der Waals surface area contributed by atoms with Gasteiger partial charge in [-0.3, -0.25) is 9.59 Å². The maximum absolute atomic E-state index is 11.9. The molecule has 0 saturated carbocycles. The molecule has 0 bridgehead atoms. The van der Waals surface area contributed by atoms with Crippen molar-refractivity contribution in [1.29, 1.82) is 0 Å². The number of aliphatic imine (C=N–C) groups is 1. The fourth-order valence-electron chi connectivity index (χ4n) is 2.85. The lowest BCUT2D eigenvalue weighted by molar-refractivity contribution is -0.117. The second-order valence-corrected chi connectivity index (χ2v) is 6.63. The molecule has 1 aromatic heterocycles. The van der Waals surface area contributed by atoms with E-state index in [-0.39, 0.29) is 36.4 Å². The Morgan fingerprint density at radius 2 is 1.77 bits per heavy atom. The molecule has 0 unspecified atom stereocenters. The molecular weight excluding hydrogens is 511 g/mol. The average molecular weight is 542 g/mol. The van der Waals surface area contributed by atoms with Crippen LogP contribution in [0.3, 0.4) is 0 Å². The molecular formula is C21H31IN6O3. The highest BCUT2D eigenvalue weighted by Gasteiger charge is 2.13. The summed E-state index contributed by atoms with van der Waals surface area (Å²) in [5.41, 5.74) is 8.48. The van der Waals surface area contributed by atoms with Gasteiger partial charge in [-0.2, -0.15) is 0 Å². The number of carbonyl (C=O) groups is 2. The van der Waals surface area contributed by atoms with Crippen LogP contribution in [0.15, 0.2) is 33.8 Å². The number of aryl methyl sites for hydroxylation is 2. The predicted molar refractivity (Wildman–Crippen MR) is 130 cm³/mol. The van der Waals surface area contributed by atoms with E-state index < -0.39 is 5.91 Å². The number of rotatable bonds is 10. The van der Waals surface area contributed by atoms with Gasteiger partial charge in [-0.1, -0.05) is 31.1 Å². The van der Waals surface area contributed by atoms with Crippen molar-refractivity contribution in [3.63, 3.8) is 0 Å². The summed E-state index contributed by atoms with van der Waals surface area (Å²) in [4.78, 5) is 27.3. The van der Waals surface area contributed by atoms with Gasteiger partial charge in [-0.15, -0.1) is 24.0 Å². The number of nitrogens with two attached hydrogens (primary N) is 1. The molecule has 0 saturated heterocycles. The number of carbonyl (C=O) groups excluding carboxylic acids is 2. The number of nitrogens with zero attached hydrogens (tertiary/aromatic N) is 2. The van der Waals surface area contributed by atoms with Gasteiger partial charge in [0.1, 0.15) is 5.76 Å². The summed E-state index contributed by atoms with van der Waals surface area (Å²) in [5.74, 6) is 0.651. The SMILES string of the molecule is CCNC(=NCc1ccc(C(=O)NCC(N)=O)cc1)NCc1c(CC)noc1CC.I. The zero-order valence-corrected chi connectivity index (χ0v) is 20.5. The molecule has 2 aromatic rings. The number of guanidine groups is 1. The summed E-state index contributed by atoms with van der Waals surface area (Å²) in [6, 6.07) is 7.05. The minimum atomic E-state index is -0.582. The summed E-state index contributed by atoms with van der Waals surface area (Å²) < 4.78 is 5.41. The maximum Gasteiger partial charge on any atom is 0.251 e. The number of halogens is 1. The van der Waals surface area contributed by atoms with Crippen molar-refractivity contribution < 1.29 is 14.1 Å². The first-order valence-electron chi connectivity index (χ1n) is 10.1. The second-order valence-electron chi connectivity index (χ2n) is 6.63. The van der Waals surface area contributed by atoms with Gasteiger partial charge in [0.2, 0.25) is 5.91 Å². The highest BCUT2D eigenvalue weighted by molar-refractivity contribution is 14.0. The van der Waals surface area contributed by atoms with Crippen molar-refractivity contribution in [3.8, 4) is 0 Å². The van der Waals surface area contributed by atoms with Crippen LogP contribution < -0.4 is 21.7 Å². The molecule has 1 aromatic carbocycles. The Kier molecular flexibility index (Phi) is 11.6. The van der Waals surface area contributed by atoms with Gasteiger partial charge in [0, 0.05) is 30.6 Å². The summed E-state index contributed by atoms with van der Waals surface area (Å²) in [6.45, 7) is 7.68. The standard InChI is InChI=1S/C21H30N6O3.HI/c1-4-17-16(18(5-2)30-27-17)12-26-21(23-6-3)25-11-14-7-9-15(10-8-14)20(29)24-13-19(22)28;/h7-10H,4-6,11-13H2,1-3H3,(H2,22,28)(H,24,29)(H2,23,25,26);1H. The molecule has 0 atom stereocenters. The van der Waals surface area contributed by atoms with Gasteiger partial charge < -0.3 is 26.2 Å².